The van der Waals surface area contributed by atoms with Crippen LogP contribution in [-0.4, -0.2) is 40.8 Å². The van der Waals surface area contributed by atoms with Gasteiger partial charge in [-0.25, -0.2) is 4.79 Å². The van der Waals surface area contributed by atoms with Crippen LogP contribution in [0.2, 0.25) is 0 Å². The van der Waals surface area contributed by atoms with Crippen molar-refractivity contribution in [2.75, 3.05) is 13.1 Å². The Hall–Kier alpha value is -1.33. The van der Waals surface area contributed by atoms with Crippen LogP contribution in [-0.2, 0) is 11.3 Å². The van der Waals surface area contributed by atoms with Crippen LogP contribution in [0.3, 0.4) is 0 Å². The van der Waals surface area contributed by atoms with E-state index in [1.807, 2.05) is 0 Å². The summed E-state index contributed by atoms with van der Waals surface area (Å²) in [6.07, 6.45) is 0.176. The number of ether oxygens (including phenoxy) is 1. The number of hydrogen-bond donors (Lipinski definition) is 1. The van der Waals surface area contributed by atoms with E-state index in [0.29, 0.717) is 12.3 Å². The van der Waals surface area contributed by atoms with Crippen molar-refractivity contribution in [3.63, 3.8) is 0 Å². The first-order valence-corrected chi connectivity index (χ1v) is 6.49. The molecular weight excluding hydrogens is 246 g/mol. The number of morpholine rings is 1. The normalized spacial score (nSPS) is 23.5. The van der Waals surface area contributed by atoms with Crippen molar-refractivity contribution < 1.29 is 19.1 Å². The summed E-state index contributed by atoms with van der Waals surface area (Å²) in [7, 11) is 0. The van der Waals surface area contributed by atoms with Crippen LogP contribution < -0.4 is 0 Å². The van der Waals surface area contributed by atoms with Gasteiger partial charge in [-0.15, -0.1) is 0 Å². The van der Waals surface area contributed by atoms with Gasteiger partial charge in [-0.05, 0) is 33.8 Å². The van der Waals surface area contributed by atoms with Crippen LogP contribution in [0.15, 0.2) is 10.5 Å². The largest absolute Gasteiger partial charge is 0.475 e. The molecule has 19 heavy (non-hydrogen) atoms. The van der Waals surface area contributed by atoms with Gasteiger partial charge in [-0.3, -0.25) is 4.90 Å². The lowest BCUT2D eigenvalue weighted by atomic mass is 10.0. The smallest absolute Gasteiger partial charge is 0.371 e. The van der Waals surface area contributed by atoms with Gasteiger partial charge < -0.3 is 14.3 Å². The number of nitrogens with zero attached hydrogens (tertiary/aromatic N) is 1. The number of carbonyl (C=O) groups is 1. The van der Waals surface area contributed by atoms with Crippen molar-refractivity contribution in [3.05, 3.63) is 23.2 Å². The highest BCUT2D eigenvalue weighted by Gasteiger charge is 2.31. The molecule has 0 bridgehead atoms. The van der Waals surface area contributed by atoms with Crippen LogP contribution in [0.25, 0.3) is 0 Å². The van der Waals surface area contributed by atoms with Gasteiger partial charge in [0.25, 0.3) is 0 Å². The van der Waals surface area contributed by atoms with E-state index < -0.39 is 5.97 Å². The quantitative estimate of drug-likeness (QED) is 0.910. The Morgan fingerprint density at radius 2 is 2.26 bits per heavy atom. The highest BCUT2D eigenvalue weighted by molar-refractivity contribution is 5.84. The Morgan fingerprint density at radius 1 is 1.58 bits per heavy atom. The standard InChI is InChI=1S/C14H21NO4/c1-9-6-15(8-14(3,4)19-9)7-11-5-12(13(16)17)18-10(11)2/h5,9H,6-8H2,1-4H3,(H,16,17). The van der Waals surface area contributed by atoms with Gasteiger partial charge in [0.05, 0.1) is 11.7 Å². The third kappa shape index (κ3) is 3.36. The summed E-state index contributed by atoms with van der Waals surface area (Å²) in [6, 6.07) is 1.62. The van der Waals surface area contributed by atoms with E-state index in [2.05, 4.69) is 25.7 Å². The lowest BCUT2D eigenvalue weighted by Gasteiger charge is -2.41. The van der Waals surface area contributed by atoms with Gasteiger partial charge >= 0.3 is 5.97 Å². The zero-order valence-electron chi connectivity index (χ0n) is 11.9. The maximum atomic E-state index is 10.9. The summed E-state index contributed by atoms with van der Waals surface area (Å²) < 4.78 is 11.1. The van der Waals surface area contributed by atoms with Gasteiger partial charge in [0, 0.05) is 25.2 Å². The second kappa shape index (κ2) is 4.98. The molecule has 106 valence electrons. The fourth-order valence-corrected chi connectivity index (χ4v) is 2.73. The molecule has 1 N–H and O–H groups in total. The Labute approximate surface area is 113 Å². The number of rotatable bonds is 3. The number of aromatic carboxylic acids is 1. The van der Waals surface area contributed by atoms with E-state index in [1.54, 1.807) is 13.0 Å². The van der Waals surface area contributed by atoms with Gasteiger partial charge in [-0.1, -0.05) is 0 Å². The monoisotopic (exact) mass is 267 g/mol. The van der Waals surface area contributed by atoms with E-state index in [-0.39, 0.29) is 17.5 Å². The molecular formula is C14H21NO4. The van der Waals surface area contributed by atoms with Crippen LogP contribution in [0.1, 0.15) is 42.6 Å². The molecule has 0 saturated carbocycles. The molecule has 1 fully saturated rings. The second-order valence-electron chi connectivity index (χ2n) is 5.86. The maximum absolute atomic E-state index is 10.9. The Morgan fingerprint density at radius 3 is 2.79 bits per heavy atom. The van der Waals surface area contributed by atoms with Gasteiger partial charge in [0.1, 0.15) is 5.76 Å². The Balaban J connectivity index is 2.10. The minimum atomic E-state index is -1.02. The number of aryl methyl sites for hydroxylation is 1. The molecule has 1 aromatic heterocycles. The molecule has 0 aliphatic carbocycles. The SMILES string of the molecule is Cc1oc(C(=O)O)cc1CN1CC(C)OC(C)(C)C1. The molecule has 1 atom stereocenters. The predicted octanol–water partition coefficient (Wildman–Crippen LogP) is 2.29. The summed E-state index contributed by atoms with van der Waals surface area (Å²) in [6.45, 7) is 10.4. The number of carboxylic acid groups (broad SMARTS) is 1. The Kier molecular flexibility index (Phi) is 3.69. The first-order valence-electron chi connectivity index (χ1n) is 6.49. The summed E-state index contributed by atoms with van der Waals surface area (Å²) in [4.78, 5) is 13.2. The number of hydrogen-bond acceptors (Lipinski definition) is 4. The summed E-state index contributed by atoms with van der Waals surface area (Å²) in [5.74, 6) is -0.340. The molecule has 0 amide bonds. The minimum absolute atomic E-state index is 0.00747. The lowest BCUT2D eigenvalue weighted by Crippen LogP contribution is -2.51. The van der Waals surface area contributed by atoms with Crippen molar-refractivity contribution in [1.82, 2.24) is 4.90 Å². The third-order valence-corrected chi connectivity index (χ3v) is 3.27. The molecule has 1 aromatic rings. The van der Waals surface area contributed by atoms with Crippen LogP contribution >= 0.6 is 0 Å². The number of carboxylic acids is 1. The zero-order valence-corrected chi connectivity index (χ0v) is 11.9. The molecule has 0 radical (unpaired) electrons. The molecule has 5 heteroatoms. The first kappa shape index (κ1) is 14.1. The topological polar surface area (TPSA) is 62.9 Å². The van der Waals surface area contributed by atoms with Crippen LogP contribution in [0.5, 0.6) is 0 Å². The third-order valence-electron chi connectivity index (χ3n) is 3.27. The van der Waals surface area contributed by atoms with Crippen LogP contribution in [0.4, 0.5) is 0 Å². The first-order chi connectivity index (χ1) is 8.77. The molecule has 5 nitrogen and oxygen atoms in total. The molecule has 1 unspecified atom stereocenters. The van der Waals surface area contributed by atoms with E-state index in [4.69, 9.17) is 14.3 Å². The average Bonchev–Trinajstić information content (AvgIpc) is 2.57. The summed E-state index contributed by atoms with van der Waals surface area (Å²) in [5, 5.41) is 8.93. The molecule has 0 spiro atoms. The van der Waals surface area contributed by atoms with Gasteiger partial charge in [0.15, 0.2) is 0 Å². The molecule has 1 aliphatic heterocycles. The predicted molar refractivity (Wildman–Crippen MR) is 70.3 cm³/mol. The Bertz CT molecular complexity index is 478. The second-order valence-corrected chi connectivity index (χ2v) is 5.86. The highest BCUT2D eigenvalue weighted by Crippen LogP contribution is 2.24. The molecule has 2 heterocycles. The molecule has 1 aliphatic rings. The van der Waals surface area contributed by atoms with Crippen molar-refractivity contribution >= 4 is 5.97 Å². The highest BCUT2D eigenvalue weighted by atomic mass is 16.5. The lowest BCUT2D eigenvalue weighted by molar-refractivity contribution is -0.130. The van der Waals surface area contributed by atoms with E-state index in [9.17, 15) is 4.79 Å². The van der Waals surface area contributed by atoms with Crippen molar-refractivity contribution in [2.45, 2.75) is 45.9 Å². The van der Waals surface area contributed by atoms with Gasteiger partial charge in [0.2, 0.25) is 5.76 Å². The zero-order chi connectivity index (χ0) is 14.2. The summed E-state index contributed by atoms with van der Waals surface area (Å²) >= 11 is 0. The van der Waals surface area contributed by atoms with E-state index in [1.165, 1.54) is 0 Å². The van der Waals surface area contributed by atoms with Crippen LogP contribution in [0, 0.1) is 6.92 Å². The fraction of sp³-hybridized carbons (Fsp3) is 0.643. The van der Waals surface area contributed by atoms with Crippen molar-refractivity contribution in [2.24, 2.45) is 0 Å². The van der Waals surface area contributed by atoms with Crippen molar-refractivity contribution in [3.8, 4) is 0 Å². The fourth-order valence-electron chi connectivity index (χ4n) is 2.73. The van der Waals surface area contributed by atoms with E-state index in [0.717, 1.165) is 18.7 Å². The number of furan rings is 1. The molecule has 0 aromatic carbocycles. The van der Waals surface area contributed by atoms with Crippen molar-refractivity contribution in [1.29, 1.82) is 0 Å². The maximum Gasteiger partial charge on any atom is 0.371 e. The summed E-state index contributed by atoms with van der Waals surface area (Å²) in [5.41, 5.74) is 0.757. The molecule has 2 rings (SSSR count). The minimum Gasteiger partial charge on any atom is -0.475 e. The molecule has 1 saturated heterocycles. The van der Waals surface area contributed by atoms with E-state index >= 15 is 0 Å². The average molecular weight is 267 g/mol. The van der Waals surface area contributed by atoms with Gasteiger partial charge in [-0.2, -0.15) is 0 Å².